The van der Waals surface area contributed by atoms with Gasteiger partial charge in [-0.1, -0.05) is 25.5 Å². The van der Waals surface area contributed by atoms with Crippen molar-refractivity contribution in [1.82, 2.24) is 9.21 Å². The number of halogens is 1. The van der Waals surface area contributed by atoms with Gasteiger partial charge in [0.25, 0.3) is 0 Å². The summed E-state index contributed by atoms with van der Waals surface area (Å²) in [5.74, 6) is 0.589. The fourth-order valence-electron chi connectivity index (χ4n) is 2.58. The van der Waals surface area contributed by atoms with Crippen LogP contribution in [-0.4, -0.2) is 56.2 Å². The highest BCUT2D eigenvalue weighted by Crippen LogP contribution is 2.18. The Balaban J connectivity index is 2.04. The fourth-order valence-corrected chi connectivity index (χ4v) is 4.24. The summed E-state index contributed by atoms with van der Waals surface area (Å²) in [6, 6.07) is 7.29. The van der Waals surface area contributed by atoms with Crippen molar-refractivity contribution in [3.63, 3.8) is 0 Å². The number of sulfonamides is 1. The Labute approximate surface area is 132 Å². The molecule has 6 heteroatoms. The Morgan fingerprint density at radius 3 is 2.24 bits per heavy atom. The normalized spacial score (nSPS) is 18.0. The average molecular weight is 331 g/mol. The molecular formula is C15H23ClN2O2S. The van der Waals surface area contributed by atoms with E-state index in [9.17, 15) is 8.42 Å². The van der Waals surface area contributed by atoms with Crippen molar-refractivity contribution in [3.8, 4) is 0 Å². The first-order valence-electron chi connectivity index (χ1n) is 7.45. The molecule has 1 aliphatic heterocycles. The molecule has 21 heavy (non-hydrogen) atoms. The summed E-state index contributed by atoms with van der Waals surface area (Å²) in [5.41, 5.74) is 1.18. The van der Waals surface area contributed by atoms with Crippen LogP contribution in [0.25, 0.3) is 0 Å². The van der Waals surface area contributed by atoms with Gasteiger partial charge in [0.05, 0.1) is 4.90 Å². The second kappa shape index (κ2) is 7.58. The molecule has 1 fully saturated rings. The van der Waals surface area contributed by atoms with Gasteiger partial charge in [-0.2, -0.15) is 4.31 Å². The Morgan fingerprint density at radius 2 is 1.71 bits per heavy atom. The van der Waals surface area contributed by atoms with Gasteiger partial charge in [0.2, 0.25) is 10.0 Å². The summed E-state index contributed by atoms with van der Waals surface area (Å²) >= 11 is 5.72. The van der Waals surface area contributed by atoms with Gasteiger partial charge in [-0.15, -0.1) is 11.6 Å². The van der Waals surface area contributed by atoms with E-state index in [-0.39, 0.29) is 0 Å². The predicted molar refractivity (Wildman–Crippen MR) is 86.4 cm³/mol. The van der Waals surface area contributed by atoms with Crippen molar-refractivity contribution in [2.24, 2.45) is 0 Å². The molecule has 0 amide bonds. The van der Waals surface area contributed by atoms with Gasteiger partial charge in [-0.3, -0.25) is 4.90 Å². The van der Waals surface area contributed by atoms with Crippen molar-refractivity contribution < 1.29 is 8.42 Å². The molecule has 0 N–H and O–H groups in total. The molecule has 1 heterocycles. The lowest BCUT2D eigenvalue weighted by Gasteiger charge is -2.33. The molecule has 4 nitrogen and oxygen atoms in total. The monoisotopic (exact) mass is 330 g/mol. The second-order valence-electron chi connectivity index (χ2n) is 5.33. The molecule has 0 radical (unpaired) electrons. The number of hydrogen-bond acceptors (Lipinski definition) is 3. The number of nitrogens with zero attached hydrogens (tertiary/aromatic N) is 2. The molecule has 1 aliphatic rings. The standard InChI is InChI=1S/C15H23ClN2O2S/c1-2-3-14-4-6-15(7-5-14)21(19,20)18-12-10-17(9-8-16)11-13-18/h4-7H,2-3,8-13H2,1H3. The van der Waals surface area contributed by atoms with Crippen LogP contribution in [0.5, 0.6) is 0 Å². The quantitative estimate of drug-likeness (QED) is 0.751. The lowest BCUT2D eigenvalue weighted by Crippen LogP contribution is -2.48. The lowest BCUT2D eigenvalue weighted by atomic mass is 10.1. The van der Waals surface area contributed by atoms with Crippen molar-refractivity contribution in [1.29, 1.82) is 0 Å². The van der Waals surface area contributed by atoms with Gasteiger partial charge in [-0.05, 0) is 24.1 Å². The third kappa shape index (κ3) is 4.19. The molecule has 0 bridgehead atoms. The first-order chi connectivity index (χ1) is 10.1. The first-order valence-corrected chi connectivity index (χ1v) is 9.43. The molecule has 2 rings (SSSR count). The fraction of sp³-hybridized carbons (Fsp3) is 0.600. The Kier molecular flexibility index (Phi) is 6.05. The minimum absolute atomic E-state index is 0.396. The van der Waals surface area contributed by atoms with Gasteiger partial charge >= 0.3 is 0 Å². The first kappa shape index (κ1) is 16.7. The van der Waals surface area contributed by atoms with Crippen LogP contribution in [0.1, 0.15) is 18.9 Å². The zero-order valence-electron chi connectivity index (χ0n) is 12.5. The van der Waals surface area contributed by atoms with Crippen LogP contribution in [0.15, 0.2) is 29.2 Å². The summed E-state index contributed by atoms with van der Waals surface area (Å²) < 4.78 is 26.8. The zero-order chi connectivity index (χ0) is 15.3. The van der Waals surface area contributed by atoms with Crippen LogP contribution in [0.3, 0.4) is 0 Å². The van der Waals surface area contributed by atoms with E-state index < -0.39 is 10.0 Å². The molecule has 1 aromatic carbocycles. The third-order valence-corrected chi connectivity index (χ3v) is 5.91. The van der Waals surface area contributed by atoms with Crippen molar-refractivity contribution in [2.45, 2.75) is 24.7 Å². The largest absolute Gasteiger partial charge is 0.300 e. The summed E-state index contributed by atoms with van der Waals surface area (Å²) in [7, 11) is -3.36. The third-order valence-electron chi connectivity index (χ3n) is 3.83. The van der Waals surface area contributed by atoms with Gasteiger partial charge in [0.15, 0.2) is 0 Å². The number of rotatable bonds is 6. The van der Waals surface area contributed by atoms with Gasteiger partial charge in [0.1, 0.15) is 0 Å². The molecule has 0 aliphatic carbocycles. The van der Waals surface area contributed by atoms with E-state index in [4.69, 9.17) is 11.6 Å². The molecular weight excluding hydrogens is 308 g/mol. The number of aryl methyl sites for hydroxylation is 1. The number of alkyl halides is 1. The van der Waals surface area contributed by atoms with E-state index >= 15 is 0 Å². The van der Waals surface area contributed by atoms with Crippen LogP contribution in [0.2, 0.25) is 0 Å². The van der Waals surface area contributed by atoms with Crippen LogP contribution < -0.4 is 0 Å². The molecule has 0 spiro atoms. The SMILES string of the molecule is CCCc1ccc(S(=O)(=O)N2CCN(CCCl)CC2)cc1. The van der Waals surface area contributed by atoms with Gasteiger partial charge in [0, 0.05) is 38.6 Å². The maximum atomic E-state index is 12.6. The molecule has 0 atom stereocenters. The van der Waals surface area contributed by atoms with Crippen LogP contribution >= 0.6 is 11.6 Å². The minimum atomic E-state index is -3.36. The summed E-state index contributed by atoms with van der Waals surface area (Å²) in [6.07, 6.45) is 2.05. The summed E-state index contributed by atoms with van der Waals surface area (Å²) in [5, 5.41) is 0. The number of hydrogen-bond donors (Lipinski definition) is 0. The topological polar surface area (TPSA) is 40.6 Å². The Bertz CT molecular complexity index is 537. The van der Waals surface area contributed by atoms with E-state index in [1.165, 1.54) is 5.56 Å². The molecule has 0 unspecified atom stereocenters. The zero-order valence-corrected chi connectivity index (χ0v) is 14.0. The van der Waals surface area contributed by atoms with E-state index in [0.29, 0.717) is 23.9 Å². The van der Waals surface area contributed by atoms with E-state index in [1.807, 2.05) is 12.1 Å². The lowest BCUT2D eigenvalue weighted by molar-refractivity contribution is 0.197. The number of benzene rings is 1. The minimum Gasteiger partial charge on any atom is -0.300 e. The van der Waals surface area contributed by atoms with Crippen molar-refractivity contribution >= 4 is 21.6 Å². The van der Waals surface area contributed by atoms with E-state index in [0.717, 1.165) is 32.5 Å². The maximum absolute atomic E-state index is 12.6. The average Bonchev–Trinajstić information content (AvgIpc) is 2.49. The highest BCUT2D eigenvalue weighted by Gasteiger charge is 2.28. The van der Waals surface area contributed by atoms with Crippen molar-refractivity contribution in [3.05, 3.63) is 29.8 Å². The molecule has 0 saturated carbocycles. The molecule has 1 saturated heterocycles. The maximum Gasteiger partial charge on any atom is 0.243 e. The van der Waals surface area contributed by atoms with Crippen LogP contribution in [-0.2, 0) is 16.4 Å². The Hall–Kier alpha value is -0.620. The summed E-state index contributed by atoms with van der Waals surface area (Å²) in [4.78, 5) is 2.59. The second-order valence-corrected chi connectivity index (χ2v) is 7.64. The Morgan fingerprint density at radius 1 is 1.10 bits per heavy atom. The van der Waals surface area contributed by atoms with E-state index in [1.54, 1.807) is 16.4 Å². The van der Waals surface area contributed by atoms with Crippen LogP contribution in [0.4, 0.5) is 0 Å². The highest BCUT2D eigenvalue weighted by atomic mass is 35.5. The molecule has 1 aromatic rings. The van der Waals surface area contributed by atoms with Gasteiger partial charge in [-0.25, -0.2) is 8.42 Å². The molecule has 0 aromatic heterocycles. The smallest absolute Gasteiger partial charge is 0.243 e. The summed E-state index contributed by atoms with van der Waals surface area (Å²) in [6.45, 7) is 5.51. The predicted octanol–water partition coefficient (Wildman–Crippen LogP) is 2.18. The van der Waals surface area contributed by atoms with Gasteiger partial charge < -0.3 is 0 Å². The van der Waals surface area contributed by atoms with Crippen molar-refractivity contribution in [2.75, 3.05) is 38.6 Å². The van der Waals surface area contributed by atoms with Crippen LogP contribution in [0, 0.1) is 0 Å². The highest BCUT2D eigenvalue weighted by molar-refractivity contribution is 7.89. The van der Waals surface area contributed by atoms with E-state index in [2.05, 4.69) is 11.8 Å². The molecule has 118 valence electrons. The number of piperazine rings is 1.